The fraction of sp³-hybridized carbons (Fsp3) is 0.500. The van der Waals surface area contributed by atoms with Gasteiger partial charge in [-0.2, -0.15) is 0 Å². The number of hydrogen-bond acceptors (Lipinski definition) is 1. The van der Waals surface area contributed by atoms with E-state index in [0.717, 1.165) is 6.42 Å². The zero-order chi connectivity index (χ0) is 5.28. The second-order valence-corrected chi connectivity index (χ2v) is 1.95. The van der Waals surface area contributed by atoms with Crippen LogP contribution in [0.4, 0.5) is 0 Å². The van der Waals surface area contributed by atoms with Gasteiger partial charge in [-0.3, -0.25) is 4.79 Å². The van der Waals surface area contributed by atoms with Crippen molar-refractivity contribution in [1.82, 2.24) is 0 Å². The standard InChI is InChI=1S/C6H8O/c1-5(7)4-6-2-3-6/h2H,3-4H2,1H3. The number of carbonyl (C=O) groups excluding carboxylic acids is 1. The lowest BCUT2D eigenvalue weighted by Gasteiger charge is -1.80. The smallest absolute Gasteiger partial charge is 0.133 e. The molecule has 1 aliphatic carbocycles. The number of hydrogen-bond donors (Lipinski definition) is 0. The molecule has 0 unspecified atom stereocenters. The summed E-state index contributed by atoms with van der Waals surface area (Å²) in [6.07, 6.45) is 3.86. The van der Waals surface area contributed by atoms with Crippen LogP contribution in [0.15, 0.2) is 11.6 Å². The van der Waals surface area contributed by atoms with Crippen LogP contribution in [0.3, 0.4) is 0 Å². The summed E-state index contributed by atoms with van der Waals surface area (Å²) in [6.45, 7) is 1.62. The number of carbonyl (C=O) groups is 1. The van der Waals surface area contributed by atoms with Crippen molar-refractivity contribution in [3.8, 4) is 0 Å². The van der Waals surface area contributed by atoms with Crippen molar-refractivity contribution in [2.24, 2.45) is 0 Å². The van der Waals surface area contributed by atoms with Gasteiger partial charge in [-0.25, -0.2) is 0 Å². The third-order valence-electron chi connectivity index (χ3n) is 0.969. The molecule has 38 valence electrons. The first-order valence-corrected chi connectivity index (χ1v) is 2.46. The highest BCUT2D eigenvalue weighted by molar-refractivity contribution is 5.79. The van der Waals surface area contributed by atoms with Crippen molar-refractivity contribution >= 4 is 5.78 Å². The normalized spacial score (nSPS) is 15.9. The van der Waals surface area contributed by atoms with E-state index in [1.165, 1.54) is 5.57 Å². The minimum absolute atomic E-state index is 0.281. The van der Waals surface area contributed by atoms with Gasteiger partial charge in [0.25, 0.3) is 0 Å². The van der Waals surface area contributed by atoms with Gasteiger partial charge >= 0.3 is 0 Å². The van der Waals surface area contributed by atoms with Gasteiger partial charge in [0.1, 0.15) is 5.78 Å². The van der Waals surface area contributed by atoms with Gasteiger partial charge in [0.05, 0.1) is 0 Å². The zero-order valence-corrected chi connectivity index (χ0v) is 4.40. The van der Waals surface area contributed by atoms with Gasteiger partial charge < -0.3 is 0 Å². The molecule has 0 N–H and O–H groups in total. The third kappa shape index (κ3) is 1.53. The molecule has 1 aliphatic rings. The van der Waals surface area contributed by atoms with Gasteiger partial charge in [-0.15, -0.1) is 0 Å². The highest BCUT2D eigenvalue weighted by atomic mass is 16.1. The Morgan fingerprint density at radius 1 is 2.00 bits per heavy atom. The van der Waals surface area contributed by atoms with E-state index in [4.69, 9.17) is 0 Å². The molecule has 1 rings (SSSR count). The van der Waals surface area contributed by atoms with Gasteiger partial charge in [-0.05, 0) is 13.3 Å². The first kappa shape index (κ1) is 4.57. The van der Waals surface area contributed by atoms with Crippen LogP contribution in [-0.4, -0.2) is 5.78 Å². The molecule has 7 heavy (non-hydrogen) atoms. The second kappa shape index (κ2) is 1.49. The largest absolute Gasteiger partial charge is 0.300 e. The van der Waals surface area contributed by atoms with Crippen LogP contribution in [0.1, 0.15) is 19.8 Å². The van der Waals surface area contributed by atoms with E-state index in [9.17, 15) is 4.79 Å². The van der Waals surface area contributed by atoms with E-state index < -0.39 is 0 Å². The Hall–Kier alpha value is -0.590. The molecule has 0 radical (unpaired) electrons. The molecule has 0 heterocycles. The Kier molecular flexibility index (Phi) is 0.970. The lowest BCUT2D eigenvalue weighted by atomic mass is 10.3. The number of ketones is 1. The van der Waals surface area contributed by atoms with Crippen LogP contribution < -0.4 is 0 Å². The van der Waals surface area contributed by atoms with Crippen LogP contribution in [0, 0.1) is 0 Å². The molecule has 0 atom stereocenters. The maximum absolute atomic E-state index is 10.3. The van der Waals surface area contributed by atoms with Crippen LogP contribution in [-0.2, 0) is 4.79 Å². The third-order valence-corrected chi connectivity index (χ3v) is 0.969. The Morgan fingerprint density at radius 3 is 2.71 bits per heavy atom. The molecule has 0 aromatic carbocycles. The SMILES string of the molecule is CC(=O)CC1=CC1. The second-order valence-electron chi connectivity index (χ2n) is 1.95. The molecule has 1 nitrogen and oxygen atoms in total. The van der Waals surface area contributed by atoms with Crippen molar-refractivity contribution in [2.45, 2.75) is 19.8 Å². The van der Waals surface area contributed by atoms with Gasteiger partial charge in [0.15, 0.2) is 0 Å². The fourth-order valence-corrected chi connectivity index (χ4v) is 0.536. The summed E-state index contributed by atoms with van der Waals surface area (Å²) in [5.41, 5.74) is 1.31. The Balaban J connectivity index is 2.21. The van der Waals surface area contributed by atoms with Crippen LogP contribution in [0.2, 0.25) is 0 Å². The van der Waals surface area contributed by atoms with E-state index in [0.29, 0.717) is 6.42 Å². The topological polar surface area (TPSA) is 17.1 Å². The fourth-order valence-electron chi connectivity index (χ4n) is 0.536. The van der Waals surface area contributed by atoms with E-state index >= 15 is 0 Å². The quantitative estimate of drug-likeness (QED) is 0.473. The average molecular weight is 96.1 g/mol. The van der Waals surface area contributed by atoms with Gasteiger partial charge in [-0.1, -0.05) is 11.6 Å². The van der Waals surface area contributed by atoms with Crippen molar-refractivity contribution in [3.63, 3.8) is 0 Å². The van der Waals surface area contributed by atoms with E-state index in [1.807, 2.05) is 0 Å². The summed E-state index contributed by atoms with van der Waals surface area (Å²) in [7, 11) is 0. The van der Waals surface area contributed by atoms with E-state index in [-0.39, 0.29) is 5.78 Å². The lowest BCUT2D eigenvalue weighted by molar-refractivity contribution is -0.116. The molecule has 0 saturated heterocycles. The highest BCUT2D eigenvalue weighted by Crippen LogP contribution is 2.21. The summed E-state index contributed by atoms with van der Waals surface area (Å²) < 4.78 is 0. The van der Waals surface area contributed by atoms with Crippen LogP contribution in [0.5, 0.6) is 0 Å². The molecular formula is C6H8O. The molecule has 0 amide bonds. The first-order valence-electron chi connectivity index (χ1n) is 2.46. The Labute approximate surface area is 43.0 Å². The maximum atomic E-state index is 10.3. The minimum Gasteiger partial charge on any atom is -0.300 e. The van der Waals surface area contributed by atoms with E-state index in [1.54, 1.807) is 6.92 Å². The predicted octanol–water partition coefficient (Wildman–Crippen LogP) is 1.30. The van der Waals surface area contributed by atoms with Crippen molar-refractivity contribution in [1.29, 1.82) is 0 Å². The Morgan fingerprint density at radius 2 is 2.57 bits per heavy atom. The molecule has 0 aromatic heterocycles. The highest BCUT2D eigenvalue weighted by Gasteiger charge is 2.07. The lowest BCUT2D eigenvalue weighted by Crippen LogP contribution is -1.84. The number of allylic oxidation sites excluding steroid dienone is 2. The van der Waals surface area contributed by atoms with Gasteiger partial charge in [0, 0.05) is 6.42 Å². The molecule has 1 heteroatoms. The molecule has 0 spiro atoms. The molecule has 0 aromatic rings. The van der Waals surface area contributed by atoms with Crippen molar-refractivity contribution < 1.29 is 4.79 Å². The van der Waals surface area contributed by atoms with E-state index in [2.05, 4.69) is 6.08 Å². The average Bonchev–Trinajstić information content (AvgIpc) is 2.17. The summed E-state index contributed by atoms with van der Waals surface area (Å²) in [6, 6.07) is 0. The summed E-state index contributed by atoms with van der Waals surface area (Å²) in [5, 5.41) is 0. The molecule has 0 aliphatic heterocycles. The zero-order valence-electron chi connectivity index (χ0n) is 4.40. The molecule has 0 fully saturated rings. The minimum atomic E-state index is 0.281. The maximum Gasteiger partial charge on any atom is 0.133 e. The number of Topliss-reactive ketones (excluding diaryl/α,β-unsaturated/α-hetero) is 1. The molecular weight excluding hydrogens is 88.1 g/mol. The molecule has 0 saturated carbocycles. The Bertz CT molecular complexity index is 122. The summed E-state index contributed by atoms with van der Waals surface area (Å²) in [4.78, 5) is 10.3. The van der Waals surface area contributed by atoms with Crippen LogP contribution in [0.25, 0.3) is 0 Å². The summed E-state index contributed by atoms with van der Waals surface area (Å²) in [5.74, 6) is 0.281. The van der Waals surface area contributed by atoms with Crippen molar-refractivity contribution in [2.75, 3.05) is 0 Å². The first-order chi connectivity index (χ1) is 3.29. The van der Waals surface area contributed by atoms with Gasteiger partial charge in [0.2, 0.25) is 0 Å². The van der Waals surface area contributed by atoms with Crippen LogP contribution >= 0.6 is 0 Å². The predicted molar refractivity (Wildman–Crippen MR) is 28.0 cm³/mol. The summed E-state index contributed by atoms with van der Waals surface area (Å²) >= 11 is 0. The molecule has 0 bridgehead atoms. The number of rotatable bonds is 2. The van der Waals surface area contributed by atoms with Crippen molar-refractivity contribution in [3.05, 3.63) is 11.6 Å². The monoisotopic (exact) mass is 96.1 g/mol.